The standard InChI is InChI=1S/C12H22N4O4/c13-10(19)14-6-7-15-11(20)16-8-12(9(17)18)4-2-1-3-5-12/h1-8H2,(H,17,18)(H3,13,14,19)(H2,15,16,20). The summed E-state index contributed by atoms with van der Waals surface area (Å²) in [7, 11) is 0. The van der Waals surface area contributed by atoms with Gasteiger partial charge in [-0.1, -0.05) is 19.3 Å². The van der Waals surface area contributed by atoms with Crippen LogP contribution in [0.15, 0.2) is 0 Å². The van der Waals surface area contributed by atoms with Gasteiger partial charge in [0.1, 0.15) is 0 Å². The van der Waals surface area contributed by atoms with E-state index in [2.05, 4.69) is 16.0 Å². The molecule has 0 saturated heterocycles. The molecule has 114 valence electrons. The molecule has 0 aromatic heterocycles. The molecule has 0 spiro atoms. The van der Waals surface area contributed by atoms with E-state index in [1.807, 2.05) is 0 Å². The van der Waals surface area contributed by atoms with Crippen molar-refractivity contribution in [2.45, 2.75) is 32.1 Å². The molecule has 0 atom stereocenters. The average molecular weight is 286 g/mol. The molecule has 8 nitrogen and oxygen atoms in total. The number of hydrogen-bond acceptors (Lipinski definition) is 3. The van der Waals surface area contributed by atoms with Crippen LogP contribution >= 0.6 is 0 Å². The monoisotopic (exact) mass is 286 g/mol. The van der Waals surface area contributed by atoms with Gasteiger partial charge < -0.3 is 26.8 Å². The molecule has 0 aromatic carbocycles. The van der Waals surface area contributed by atoms with Crippen LogP contribution in [0.4, 0.5) is 9.59 Å². The molecule has 1 aliphatic carbocycles. The van der Waals surface area contributed by atoms with Gasteiger partial charge in [0.05, 0.1) is 5.41 Å². The molecule has 20 heavy (non-hydrogen) atoms. The zero-order valence-electron chi connectivity index (χ0n) is 11.4. The van der Waals surface area contributed by atoms with E-state index in [4.69, 9.17) is 5.73 Å². The maximum absolute atomic E-state index is 11.5. The van der Waals surface area contributed by atoms with Crippen molar-refractivity contribution in [3.63, 3.8) is 0 Å². The topological polar surface area (TPSA) is 134 Å². The number of amides is 4. The fraction of sp³-hybridized carbons (Fsp3) is 0.750. The van der Waals surface area contributed by atoms with Crippen LogP contribution in [0.25, 0.3) is 0 Å². The normalized spacial score (nSPS) is 17.0. The number of hydrogen-bond donors (Lipinski definition) is 5. The molecule has 0 bridgehead atoms. The van der Waals surface area contributed by atoms with Crippen molar-refractivity contribution in [3.05, 3.63) is 0 Å². The van der Waals surface area contributed by atoms with Crippen molar-refractivity contribution in [1.82, 2.24) is 16.0 Å². The largest absolute Gasteiger partial charge is 0.481 e. The van der Waals surface area contributed by atoms with Crippen LogP contribution in [-0.2, 0) is 4.79 Å². The fourth-order valence-corrected chi connectivity index (χ4v) is 2.37. The number of primary amides is 1. The van der Waals surface area contributed by atoms with Crippen LogP contribution in [0, 0.1) is 5.41 Å². The number of carboxylic acid groups (broad SMARTS) is 1. The molecule has 6 N–H and O–H groups in total. The Bertz CT molecular complexity index is 366. The van der Waals surface area contributed by atoms with E-state index < -0.39 is 23.4 Å². The summed E-state index contributed by atoms with van der Waals surface area (Å²) in [5.74, 6) is -0.854. The molecule has 8 heteroatoms. The van der Waals surface area contributed by atoms with Gasteiger partial charge in [-0.05, 0) is 12.8 Å². The molecule has 0 aliphatic heterocycles. The van der Waals surface area contributed by atoms with E-state index >= 15 is 0 Å². The smallest absolute Gasteiger partial charge is 0.314 e. The number of rotatable bonds is 6. The molecular formula is C12H22N4O4. The van der Waals surface area contributed by atoms with Crippen LogP contribution < -0.4 is 21.7 Å². The SMILES string of the molecule is NC(=O)NCCNC(=O)NCC1(C(=O)O)CCCCC1. The Labute approximate surface area is 117 Å². The van der Waals surface area contributed by atoms with Crippen molar-refractivity contribution < 1.29 is 19.5 Å². The third-order valence-electron chi connectivity index (χ3n) is 3.56. The molecule has 1 aliphatic rings. The van der Waals surface area contributed by atoms with Gasteiger partial charge in [-0.25, -0.2) is 9.59 Å². The molecule has 1 fully saturated rings. The van der Waals surface area contributed by atoms with Gasteiger partial charge in [-0.15, -0.1) is 0 Å². The second-order valence-electron chi connectivity index (χ2n) is 5.05. The van der Waals surface area contributed by atoms with Gasteiger partial charge >= 0.3 is 18.0 Å². The molecule has 4 amide bonds. The third kappa shape index (κ3) is 4.94. The van der Waals surface area contributed by atoms with Crippen molar-refractivity contribution in [2.75, 3.05) is 19.6 Å². The number of carbonyl (C=O) groups is 3. The number of nitrogens with one attached hydrogen (secondary N) is 3. The predicted octanol–water partition coefficient (Wildman–Crippen LogP) is -0.0110. The number of urea groups is 2. The Balaban J connectivity index is 2.30. The minimum absolute atomic E-state index is 0.122. The maximum Gasteiger partial charge on any atom is 0.314 e. The van der Waals surface area contributed by atoms with Crippen molar-refractivity contribution in [3.8, 4) is 0 Å². The summed E-state index contributed by atoms with van der Waals surface area (Å²) in [6.45, 7) is 0.582. The molecule has 1 saturated carbocycles. The lowest BCUT2D eigenvalue weighted by atomic mass is 9.74. The molecule has 0 heterocycles. The molecule has 1 rings (SSSR count). The first kappa shape index (κ1) is 16.1. The zero-order chi connectivity index (χ0) is 15.0. The van der Waals surface area contributed by atoms with E-state index in [1.54, 1.807) is 0 Å². The van der Waals surface area contributed by atoms with Gasteiger partial charge in [0, 0.05) is 19.6 Å². The summed E-state index contributed by atoms with van der Waals surface area (Å²) in [5.41, 5.74) is 4.03. The van der Waals surface area contributed by atoms with Crippen molar-refractivity contribution >= 4 is 18.0 Å². The number of aliphatic carboxylic acids is 1. The zero-order valence-corrected chi connectivity index (χ0v) is 11.4. The van der Waals surface area contributed by atoms with E-state index in [1.165, 1.54) is 0 Å². The highest BCUT2D eigenvalue weighted by Crippen LogP contribution is 2.35. The summed E-state index contributed by atoms with van der Waals surface area (Å²) in [6, 6.07) is -1.10. The number of nitrogens with two attached hydrogens (primary N) is 1. The Morgan fingerprint density at radius 3 is 2.15 bits per heavy atom. The lowest BCUT2D eigenvalue weighted by molar-refractivity contribution is -0.150. The summed E-state index contributed by atoms with van der Waals surface area (Å²) >= 11 is 0. The van der Waals surface area contributed by atoms with Gasteiger partial charge in [0.2, 0.25) is 0 Å². The first-order valence-corrected chi connectivity index (χ1v) is 6.75. The summed E-state index contributed by atoms with van der Waals surface area (Å²) in [6.07, 6.45) is 3.97. The van der Waals surface area contributed by atoms with E-state index in [9.17, 15) is 19.5 Å². The van der Waals surface area contributed by atoms with E-state index in [0.717, 1.165) is 19.3 Å². The highest BCUT2D eigenvalue weighted by Gasteiger charge is 2.39. The first-order chi connectivity index (χ1) is 9.46. The second kappa shape index (κ2) is 7.56. The first-order valence-electron chi connectivity index (χ1n) is 6.75. The van der Waals surface area contributed by atoms with Crippen LogP contribution in [0.3, 0.4) is 0 Å². The lowest BCUT2D eigenvalue weighted by Crippen LogP contribution is -2.48. The third-order valence-corrected chi connectivity index (χ3v) is 3.56. The predicted molar refractivity (Wildman–Crippen MR) is 72.1 cm³/mol. The molecule has 0 unspecified atom stereocenters. The number of carbonyl (C=O) groups excluding carboxylic acids is 2. The Morgan fingerprint density at radius 2 is 1.60 bits per heavy atom. The van der Waals surface area contributed by atoms with E-state index in [0.29, 0.717) is 12.8 Å². The minimum Gasteiger partial charge on any atom is -0.481 e. The summed E-state index contributed by atoms with van der Waals surface area (Å²) < 4.78 is 0. The van der Waals surface area contributed by atoms with Crippen LogP contribution in [0.2, 0.25) is 0 Å². The highest BCUT2D eigenvalue weighted by atomic mass is 16.4. The quantitative estimate of drug-likeness (QED) is 0.439. The second-order valence-corrected chi connectivity index (χ2v) is 5.05. The fourth-order valence-electron chi connectivity index (χ4n) is 2.37. The van der Waals surface area contributed by atoms with E-state index in [-0.39, 0.29) is 19.6 Å². The van der Waals surface area contributed by atoms with Gasteiger partial charge in [0.25, 0.3) is 0 Å². The molecule has 0 aromatic rings. The van der Waals surface area contributed by atoms with Crippen LogP contribution in [0.5, 0.6) is 0 Å². The molecule has 0 radical (unpaired) electrons. The van der Waals surface area contributed by atoms with Crippen molar-refractivity contribution in [2.24, 2.45) is 11.1 Å². The van der Waals surface area contributed by atoms with Gasteiger partial charge in [-0.2, -0.15) is 0 Å². The summed E-state index contributed by atoms with van der Waals surface area (Å²) in [5, 5.41) is 16.8. The average Bonchev–Trinajstić information content (AvgIpc) is 2.42. The Hall–Kier alpha value is -1.99. The van der Waals surface area contributed by atoms with Gasteiger partial charge in [-0.3, -0.25) is 4.79 Å². The minimum atomic E-state index is -0.854. The van der Waals surface area contributed by atoms with Crippen molar-refractivity contribution in [1.29, 1.82) is 0 Å². The lowest BCUT2D eigenvalue weighted by Gasteiger charge is -2.33. The number of carboxylic acids is 1. The molecular weight excluding hydrogens is 264 g/mol. The van der Waals surface area contributed by atoms with Crippen LogP contribution in [0.1, 0.15) is 32.1 Å². The maximum atomic E-state index is 11.5. The summed E-state index contributed by atoms with van der Waals surface area (Å²) in [4.78, 5) is 33.3. The Morgan fingerprint density at radius 1 is 1.00 bits per heavy atom. The Kier molecular flexibility index (Phi) is 6.08. The van der Waals surface area contributed by atoms with Crippen LogP contribution in [-0.4, -0.2) is 42.8 Å². The van der Waals surface area contributed by atoms with Gasteiger partial charge in [0.15, 0.2) is 0 Å². The highest BCUT2D eigenvalue weighted by molar-refractivity contribution is 5.78.